The first-order valence-corrected chi connectivity index (χ1v) is 5.10. The van der Waals surface area contributed by atoms with Crippen LogP contribution in [-0.4, -0.2) is 15.5 Å². The molecule has 0 rings (SSSR count). The molecule has 70 valence electrons. The second-order valence-corrected chi connectivity index (χ2v) is 4.07. The lowest BCUT2D eigenvalue weighted by Crippen LogP contribution is -2.37. The van der Waals surface area contributed by atoms with E-state index in [-0.39, 0.29) is 4.83 Å². The van der Waals surface area contributed by atoms with Crippen LogP contribution in [0.15, 0.2) is 25.3 Å². The van der Waals surface area contributed by atoms with Gasteiger partial charge in [0.1, 0.15) is 0 Å². The van der Waals surface area contributed by atoms with Gasteiger partial charge < -0.3 is 5.11 Å². The van der Waals surface area contributed by atoms with Crippen LogP contribution < -0.4 is 0 Å². The molecule has 1 nitrogen and oxygen atoms in total. The van der Waals surface area contributed by atoms with Crippen molar-refractivity contribution in [3.05, 3.63) is 25.3 Å². The molecule has 12 heavy (non-hydrogen) atoms. The average Bonchev–Trinajstić information content (AvgIpc) is 2.04. The number of rotatable bonds is 6. The molecule has 0 bridgehead atoms. The summed E-state index contributed by atoms with van der Waals surface area (Å²) in [5.41, 5.74) is -0.710. The molecule has 0 spiro atoms. The third-order valence-electron chi connectivity index (χ3n) is 1.94. The molecular weight excluding hydrogens is 216 g/mol. The van der Waals surface area contributed by atoms with Crippen molar-refractivity contribution in [1.82, 2.24) is 0 Å². The lowest BCUT2D eigenvalue weighted by atomic mass is 9.90. The summed E-state index contributed by atoms with van der Waals surface area (Å²) < 4.78 is 0. The molecule has 0 saturated heterocycles. The molecule has 0 aromatic carbocycles. The summed E-state index contributed by atoms with van der Waals surface area (Å²) in [4.78, 5) is 0.112. The molecule has 1 N–H and O–H groups in total. The summed E-state index contributed by atoms with van der Waals surface area (Å²) in [6, 6.07) is 0. The van der Waals surface area contributed by atoms with Crippen molar-refractivity contribution in [1.29, 1.82) is 0 Å². The van der Waals surface area contributed by atoms with Gasteiger partial charge in [0.05, 0.1) is 5.60 Å². The van der Waals surface area contributed by atoms with Crippen LogP contribution in [0.25, 0.3) is 0 Å². The summed E-state index contributed by atoms with van der Waals surface area (Å²) in [5, 5.41) is 10.1. The molecular formula is C10H17BrO. The van der Waals surface area contributed by atoms with Crippen LogP contribution in [-0.2, 0) is 0 Å². The average molecular weight is 233 g/mol. The van der Waals surface area contributed by atoms with E-state index < -0.39 is 5.60 Å². The van der Waals surface area contributed by atoms with E-state index in [1.807, 2.05) is 6.92 Å². The Morgan fingerprint density at radius 2 is 1.83 bits per heavy atom. The van der Waals surface area contributed by atoms with Gasteiger partial charge in [-0.2, -0.15) is 0 Å². The first-order chi connectivity index (χ1) is 5.60. The molecule has 0 heterocycles. The van der Waals surface area contributed by atoms with Gasteiger partial charge in [0.15, 0.2) is 0 Å². The van der Waals surface area contributed by atoms with E-state index >= 15 is 0 Å². The van der Waals surface area contributed by atoms with Crippen LogP contribution in [0.4, 0.5) is 0 Å². The normalized spacial score (nSPS) is 13.9. The molecule has 1 atom stereocenters. The number of hydrogen-bond acceptors (Lipinski definition) is 1. The minimum absolute atomic E-state index is 0.112. The largest absolute Gasteiger partial charge is 0.388 e. The van der Waals surface area contributed by atoms with Gasteiger partial charge in [-0.1, -0.05) is 35.0 Å². The lowest BCUT2D eigenvalue weighted by molar-refractivity contribution is 0.0449. The zero-order valence-corrected chi connectivity index (χ0v) is 9.18. The first-order valence-electron chi connectivity index (χ1n) is 4.19. The quantitative estimate of drug-likeness (QED) is 0.552. The van der Waals surface area contributed by atoms with E-state index in [2.05, 4.69) is 29.1 Å². The minimum Gasteiger partial charge on any atom is -0.388 e. The van der Waals surface area contributed by atoms with Gasteiger partial charge in [0.25, 0.3) is 0 Å². The fourth-order valence-electron chi connectivity index (χ4n) is 1.22. The lowest BCUT2D eigenvalue weighted by Gasteiger charge is -2.30. The minimum atomic E-state index is -0.710. The van der Waals surface area contributed by atoms with Gasteiger partial charge in [-0.15, -0.1) is 13.2 Å². The standard InChI is InChI=1S/C10H17BrO/c1-4-7-10(12,8-5-2)9(11)6-3/h4-5,9,12H,1-2,6-8H2,3H3. The molecule has 1 unspecified atom stereocenters. The van der Waals surface area contributed by atoms with Crippen LogP contribution in [0.3, 0.4) is 0 Å². The van der Waals surface area contributed by atoms with E-state index in [4.69, 9.17) is 0 Å². The monoisotopic (exact) mass is 232 g/mol. The number of aliphatic hydroxyl groups is 1. The molecule has 0 aliphatic carbocycles. The summed E-state index contributed by atoms with van der Waals surface area (Å²) in [6.07, 6.45) is 5.59. The van der Waals surface area contributed by atoms with Gasteiger partial charge in [-0.05, 0) is 19.3 Å². The van der Waals surface area contributed by atoms with Crippen molar-refractivity contribution in [2.24, 2.45) is 0 Å². The third kappa shape index (κ3) is 3.11. The summed E-state index contributed by atoms with van der Waals surface area (Å²) in [5.74, 6) is 0. The zero-order valence-electron chi connectivity index (χ0n) is 7.59. The molecule has 0 saturated carbocycles. The Morgan fingerprint density at radius 3 is 2.08 bits per heavy atom. The van der Waals surface area contributed by atoms with Gasteiger partial charge in [0, 0.05) is 4.83 Å². The van der Waals surface area contributed by atoms with E-state index in [0.717, 1.165) is 6.42 Å². The van der Waals surface area contributed by atoms with E-state index in [1.54, 1.807) is 12.2 Å². The summed E-state index contributed by atoms with van der Waals surface area (Å²) in [6.45, 7) is 9.30. The predicted octanol–water partition coefficient (Wildman–Crippen LogP) is 3.04. The van der Waals surface area contributed by atoms with Gasteiger partial charge in [-0.3, -0.25) is 0 Å². The second-order valence-electron chi connectivity index (χ2n) is 2.96. The molecule has 0 aliphatic heterocycles. The molecule has 0 amide bonds. The van der Waals surface area contributed by atoms with Gasteiger partial charge in [0.2, 0.25) is 0 Å². The van der Waals surface area contributed by atoms with Crippen LogP contribution in [0.2, 0.25) is 0 Å². The van der Waals surface area contributed by atoms with Crippen molar-refractivity contribution >= 4 is 15.9 Å². The Bertz CT molecular complexity index is 144. The second kappa shape index (κ2) is 5.55. The Labute approximate surface area is 83.3 Å². The van der Waals surface area contributed by atoms with Crippen molar-refractivity contribution in [2.45, 2.75) is 36.6 Å². The number of alkyl halides is 1. The van der Waals surface area contributed by atoms with Crippen LogP contribution in [0.5, 0.6) is 0 Å². The summed E-state index contributed by atoms with van der Waals surface area (Å²) >= 11 is 3.46. The maximum atomic E-state index is 10.1. The van der Waals surface area contributed by atoms with E-state index in [1.165, 1.54) is 0 Å². The van der Waals surface area contributed by atoms with Crippen LogP contribution in [0.1, 0.15) is 26.2 Å². The fourth-order valence-corrected chi connectivity index (χ4v) is 1.59. The molecule has 0 fully saturated rings. The van der Waals surface area contributed by atoms with E-state index in [9.17, 15) is 5.11 Å². The van der Waals surface area contributed by atoms with Crippen molar-refractivity contribution in [2.75, 3.05) is 0 Å². The fraction of sp³-hybridized carbons (Fsp3) is 0.600. The topological polar surface area (TPSA) is 20.2 Å². The molecule has 0 aliphatic rings. The first kappa shape index (κ1) is 11.9. The Balaban J connectivity index is 4.34. The van der Waals surface area contributed by atoms with Crippen molar-refractivity contribution < 1.29 is 5.11 Å². The van der Waals surface area contributed by atoms with Crippen LogP contribution in [0, 0.1) is 0 Å². The Kier molecular flexibility index (Phi) is 5.51. The van der Waals surface area contributed by atoms with Crippen LogP contribution >= 0.6 is 15.9 Å². The van der Waals surface area contributed by atoms with Crippen molar-refractivity contribution in [3.8, 4) is 0 Å². The van der Waals surface area contributed by atoms with Crippen molar-refractivity contribution in [3.63, 3.8) is 0 Å². The highest BCUT2D eigenvalue weighted by atomic mass is 79.9. The maximum absolute atomic E-state index is 10.1. The Morgan fingerprint density at radius 1 is 1.42 bits per heavy atom. The Hall–Kier alpha value is -0.0800. The molecule has 0 radical (unpaired) electrons. The number of hydrogen-bond donors (Lipinski definition) is 1. The SMILES string of the molecule is C=CCC(O)(CC=C)C(Br)CC. The van der Waals surface area contributed by atoms with Gasteiger partial charge >= 0.3 is 0 Å². The van der Waals surface area contributed by atoms with Gasteiger partial charge in [-0.25, -0.2) is 0 Å². The molecule has 2 heteroatoms. The zero-order chi connectivity index (χ0) is 9.61. The highest BCUT2D eigenvalue weighted by Gasteiger charge is 2.30. The van der Waals surface area contributed by atoms with E-state index in [0.29, 0.717) is 12.8 Å². The highest BCUT2D eigenvalue weighted by Crippen LogP contribution is 2.28. The predicted molar refractivity (Wildman–Crippen MR) is 57.6 cm³/mol. The highest BCUT2D eigenvalue weighted by molar-refractivity contribution is 9.09. The number of halogens is 1. The smallest absolute Gasteiger partial charge is 0.0840 e. The molecule has 0 aromatic heterocycles. The summed E-state index contributed by atoms with van der Waals surface area (Å²) in [7, 11) is 0. The molecule has 0 aromatic rings. The maximum Gasteiger partial charge on any atom is 0.0840 e. The third-order valence-corrected chi connectivity index (χ3v) is 3.44.